The molecule has 3 fully saturated rings. The maximum atomic E-state index is 12.0. The molecule has 5 rings (SSSR count). The third kappa shape index (κ3) is 3.98. The van der Waals surface area contributed by atoms with Crippen molar-refractivity contribution in [1.82, 2.24) is 4.90 Å². The van der Waals surface area contributed by atoms with E-state index in [0.29, 0.717) is 23.1 Å². The first-order valence-corrected chi connectivity index (χ1v) is 12.3. The van der Waals surface area contributed by atoms with Gasteiger partial charge in [0.1, 0.15) is 5.75 Å². The van der Waals surface area contributed by atoms with Crippen LogP contribution in [0.15, 0.2) is 43.1 Å². The van der Waals surface area contributed by atoms with Crippen molar-refractivity contribution in [2.24, 2.45) is 11.8 Å². The van der Waals surface area contributed by atoms with E-state index in [2.05, 4.69) is 11.5 Å². The molecule has 3 aliphatic rings. The average molecular weight is 448 g/mol. The van der Waals surface area contributed by atoms with Gasteiger partial charge in [0.05, 0.1) is 18.6 Å². The maximum Gasteiger partial charge on any atom is 0.329 e. The van der Waals surface area contributed by atoms with Gasteiger partial charge in [-0.1, -0.05) is 13.0 Å². The predicted octanol–water partition coefficient (Wildman–Crippen LogP) is 2.86. The van der Waals surface area contributed by atoms with Gasteiger partial charge in [0.25, 0.3) is 5.37 Å². The number of pyridine rings is 1. The number of aromatic nitrogens is 1. The molecule has 0 spiro atoms. The molecule has 8 heteroatoms. The molecule has 31 heavy (non-hydrogen) atoms. The van der Waals surface area contributed by atoms with Crippen LogP contribution in [0, 0.1) is 11.8 Å². The van der Waals surface area contributed by atoms with E-state index in [4.69, 9.17) is 4.74 Å². The van der Waals surface area contributed by atoms with Crippen molar-refractivity contribution in [1.29, 1.82) is 0 Å². The standard InChI is InChI=1S/C23H30N2O5S/c1-4-15-14-24-10-8-16(15)12-21(24)23(26)18-9-11-25(22(5-2)31(27,28)29)20-7-6-17(30-3)13-19(18)20/h4,6-7,9,11,13,15-16,21-23,26H,1,5,8,10,12,14H2,2-3H3/p+1/t15?,16?,21?,22?,23-/m0/s1. The Balaban J connectivity index is 1.80. The second-order valence-corrected chi connectivity index (χ2v) is 10.2. The largest absolute Gasteiger partial charge is 0.497 e. The molecule has 1 aromatic carbocycles. The smallest absolute Gasteiger partial charge is 0.329 e. The van der Waals surface area contributed by atoms with Crippen molar-refractivity contribution in [3.8, 4) is 5.75 Å². The van der Waals surface area contributed by atoms with Crippen molar-refractivity contribution in [3.63, 3.8) is 0 Å². The first kappa shape index (κ1) is 22.2. The summed E-state index contributed by atoms with van der Waals surface area (Å²) < 4.78 is 40.7. The fraction of sp³-hybridized carbons (Fsp3) is 0.522. The number of piperidine rings is 3. The normalized spacial score (nSPS) is 27.7. The third-order valence-electron chi connectivity index (χ3n) is 7.05. The van der Waals surface area contributed by atoms with Gasteiger partial charge in [-0.15, -0.1) is 6.58 Å². The van der Waals surface area contributed by atoms with Crippen molar-refractivity contribution in [3.05, 3.63) is 48.7 Å². The minimum Gasteiger partial charge on any atom is -0.497 e. The molecule has 5 unspecified atom stereocenters. The number of fused-ring (bicyclic) bond motifs is 4. The SMILES string of the molecule is C=CC1CN2CCC1CC2[C@@H](O)c1cc[n+](C(CC)S(=O)(=O)O)c2ccc(OC)cc12. The highest BCUT2D eigenvalue weighted by molar-refractivity contribution is 7.85. The first-order valence-electron chi connectivity index (χ1n) is 10.8. The lowest BCUT2D eigenvalue weighted by Gasteiger charge is -2.50. The van der Waals surface area contributed by atoms with Gasteiger partial charge in [0.2, 0.25) is 5.52 Å². The van der Waals surface area contributed by atoms with E-state index in [1.807, 2.05) is 12.1 Å². The quantitative estimate of drug-likeness (QED) is 0.385. The molecular formula is C23H31N2O5S+. The van der Waals surface area contributed by atoms with E-state index >= 15 is 0 Å². The van der Waals surface area contributed by atoms with E-state index in [-0.39, 0.29) is 12.5 Å². The Labute approximate surface area is 183 Å². The third-order valence-corrected chi connectivity index (χ3v) is 8.30. The summed E-state index contributed by atoms with van der Waals surface area (Å²) >= 11 is 0. The van der Waals surface area contributed by atoms with Crippen molar-refractivity contribution < 1.29 is 27.4 Å². The predicted molar refractivity (Wildman–Crippen MR) is 118 cm³/mol. The summed E-state index contributed by atoms with van der Waals surface area (Å²) in [6, 6.07) is 7.13. The summed E-state index contributed by atoms with van der Waals surface area (Å²) in [4.78, 5) is 2.34. The van der Waals surface area contributed by atoms with Crippen LogP contribution in [-0.4, -0.2) is 49.2 Å². The van der Waals surface area contributed by atoms with Crippen LogP contribution in [0.5, 0.6) is 5.75 Å². The molecule has 3 aliphatic heterocycles. The second kappa shape index (κ2) is 8.50. The van der Waals surface area contributed by atoms with Crippen LogP contribution in [-0.2, 0) is 10.1 Å². The summed E-state index contributed by atoms with van der Waals surface area (Å²) in [6.07, 6.45) is 5.21. The van der Waals surface area contributed by atoms with Crippen LogP contribution in [0.25, 0.3) is 10.9 Å². The fourth-order valence-corrected chi connectivity index (χ4v) is 6.29. The number of aliphatic hydroxyl groups is 1. The number of aliphatic hydroxyl groups excluding tert-OH is 1. The number of nitrogens with zero attached hydrogens (tertiary/aromatic N) is 2. The van der Waals surface area contributed by atoms with Gasteiger partial charge in [-0.05, 0) is 43.4 Å². The average Bonchev–Trinajstić information content (AvgIpc) is 2.77. The van der Waals surface area contributed by atoms with E-state index in [1.165, 1.54) is 0 Å². The Morgan fingerprint density at radius 1 is 1.39 bits per heavy atom. The van der Waals surface area contributed by atoms with Crippen LogP contribution < -0.4 is 9.30 Å². The Bertz CT molecular complexity index is 1090. The molecule has 6 atom stereocenters. The van der Waals surface area contributed by atoms with Gasteiger partial charge in [-0.25, -0.2) is 0 Å². The lowest BCUT2D eigenvalue weighted by Crippen LogP contribution is -2.55. The van der Waals surface area contributed by atoms with E-state index in [9.17, 15) is 18.1 Å². The van der Waals surface area contributed by atoms with Crippen molar-refractivity contribution in [2.75, 3.05) is 20.2 Å². The van der Waals surface area contributed by atoms with E-state index in [0.717, 1.165) is 36.9 Å². The molecule has 0 saturated carbocycles. The molecule has 0 radical (unpaired) electrons. The van der Waals surface area contributed by atoms with Gasteiger partial charge in [-0.2, -0.15) is 13.0 Å². The van der Waals surface area contributed by atoms with E-state index < -0.39 is 21.6 Å². The second-order valence-electron chi connectivity index (χ2n) is 8.63. The number of methoxy groups -OCH3 is 1. The van der Waals surface area contributed by atoms with Crippen LogP contribution in [0.4, 0.5) is 0 Å². The zero-order valence-electron chi connectivity index (χ0n) is 18.0. The van der Waals surface area contributed by atoms with Crippen molar-refractivity contribution >= 4 is 21.0 Å². The molecule has 0 aliphatic carbocycles. The molecule has 2 N–H and O–H groups in total. The summed E-state index contributed by atoms with van der Waals surface area (Å²) in [5.41, 5.74) is 1.37. The Morgan fingerprint density at radius 3 is 2.74 bits per heavy atom. The number of hydrogen-bond acceptors (Lipinski definition) is 5. The Hall–Kier alpha value is -2.00. The van der Waals surface area contributed by atoms with Gasteiger partial charge in [0.15, 0.2) is 6.20 Å². The molecular weight excluding hydrogens is 416 g/mol. The zero-order chi connectivity index (χ0) is 22.3. The van der Waals surface area contributed by atoms with Crippen LogP contribution in [0.3, 0.4) is 0 Å². The number of ether oxygens (including phenoxy) is 1. The molecule has 3 saturated heterocycles. The first-order chi connectivity index (χ1) is 14.8. The minimum atomic E-state index is -4.29. The molecule has 4 heterocycles. The number of benzene rings is 1. The molecule has 1 aromatic heterocycles. The number of rotatable bonds is 7. The lowest BCUT2D eigenvalue weighted by molar-refractivity contribution is -0.677. The molecule has 168 valence electrons. The topological polar surface area (TPSA) is 91.0 Å². The van der Waals surface area contributed by atoms with Gasteiger partial charge in [0, 0.05) is 36.7 Å². The van der Waals surface area contributed by atoms with Crippen molar-refractivity contribution in [2.45, 2.75) is 43.7 Å². The summed E-state index contributed by atoms with van der Waals surface area (Å²) in [5.74, 6) is 1.61. The molecule has 2 aromatic rings. The van der Waals surface area contributed by atoms with E-state index in [1.54, 1.807) is 43.0 Å². The Kier molecular flexibility index (Phi) is 6.09. The van der Waals surface area contributed by atoms with Crippen LogP contribution in [0.2, 0.25) is 0 Å². The molecule has 2 bridgehead atoms. The van der Waals surface area contributed by atoms with Crippen LogP contribution in [0.1, 0.15) is 43.2 Å². The maximum absolute atomic E-state index is 12.0. The van der Waals surface area contributed by atoms with Gasteiger partial charge >= 0.3 is 10.1 Å². The zero-order valence-corrected chi connectivity index (χ0v) is 18.8. The highest BCUT2D eigenvalue weighted by Gasteiger charge is 2.43. The summed E-state index contributed by atoms with van der Waals surface area (Å²) in [6.45, 7) is 7.55. The molecule has 0 amide bonds. The Morgan fingerprint density at radius 2 is 2.16 bits per heavy atom. The van der Waals surface area contributed by atoms with Gasteiger partial charge in [-0.3, -0.25) is 9.45 Å². The lowest BCUT2D eigenvalue weighted by atomic mass is 9.73. The highest BCUT2D eigenvalue weighted by Crippen LogP contribution is 2.42. The minimum absolute atomic E-state index is 0.00347. The number of hydrogen-bond donors (Lipinski definition) is 2. The fourth-order valence-electron chi connectivity index (χ4n) is 5.40. The molecule has 7 nitrogen and oxygen atoms in total. The summed E-state index contributed by atoms with van der Waals surface area (Å²) in [7, 11) is -2.72. The van der Waals surface area contributed by atoms with Crippen LogP contribution >= 0.6 is 0 Å². The highest BCUT2D eigenvalue weighted by atomic mass is 32.2. The van der Waals surface area contributed by atoms with Gasteiger partial charge < -0.3 is 9.84 Å². The summed E-state index contributed by atoms with van der Waals surface area (Å²) in [5, 5.41) is 11.1. The monoisotopic (exact) mass is 447 g/mol.